The average Bonchev–Trinajstić information content (AvgIpc) is 3.38. The molecule has 1 unspecified atom stereocenters. The fourth-order valence-corrected chi connectivity index (χ4v) is 6.85. The van der Waals surface area contributed by atoms with Crippen molar-refractivity contribution in [1.82, 2.24) is 36.2 Å². The number of carbonyl (C=O) groups is 2. The van der Waals surface area contributed by atoms with Crippen LogP contribution in [0, 0.1) is 5.82 Å². The highest BCUT2D eigenvalue weighted by Crippen LogP contribution is 2.36. The number of H-pyrrole nitrogens is 1. The molecule has 0 bridgehead atoms. The van der Waals surface area contributed by atoms with Crippen LogP contribution in [0.2, 0.25) is 0 Å². The molecule has 1 atom stereocenters. The van der Waals surface area contributed by atoms with Crippen LogP contribution < -0.4 is 10.6 Å². The van der Waals surface area contributed by atoms with E-state index in [1.165, 1.54) is 13.2 Å². The summed E-state index contributed by atoms with van der Waals surface area (Å²) >= 11 is 0.976. The van der Waals surface area contributed by atoms with Gasteiger partial charge >= 0.3 is 0 Å². The molecule has 5 rings (SSSR count). The standard InChI is InChI=1S/C24H24FN7O5S2/c1-37-8-9-39(35,36)21(23(34)26-12-20(33)27-15-6-7-15)24-28-18-11-17(25)16(10-19(18)38-24)13-2-4-14(5-3-13)22-29-31-32-30-22/h2-5,10-11,15,21H,6-9,12H2,1H3,(H,26,34)(H,27,33)(H,29,30,31,32). The van der Waals surface area contributed by atoms with Gasteiger partial charge in [0.1, 0.15) is 10.8 Å². The Morgan fingerprint density at radius 1 is 1.21 bits per heavy atom. The smallest absolute Gasteiger partial charge is 0.245 e. The second-order valence-corrected chi connectivity index (χ2v) is 12.2. The molecule has 2 heterocycles. The van der Waals surface area contributed by atoms with Gasteiger partial charge in [-0.05, 0) is 29.7 Å². The Bertz CT molecular complexity index is 1600. The zero-order valence-electron chi connectivity index (χ0n) is 20.7. The molecule has 1 fully saturated rings. The van der Waals surface area contributed by atoms with Gasteiger partial charge in [0.15, 0.2) is 15.1 Å². The van der Waals surface area contributed by atoms with Crippen LogP contribution in [0.5, 0.6) is 0 Å². The molecule has 1 aliphatic carbocycles. The Kier molecular flexibility index (Phi) is 7.63. The third kappa shape index (κ3) is 6.10. The zero-order chi connectivity index (χ0) is 27.6. The lowest BCUT2D eigenvalue weighted by Crippen LogP contribution is -2.41. The second kappa shape index (κ2) is 11.1. The van der Waals surface area contributed by atoms with E-state index in [0.717, 1.165) is 24.2 Å². The molecule has 1 aliphatic rings. The summed E-state index contributed by atoms with van der Waals surface area (Å²) in [6.45, 7) is -0.493. The Balaban J connectivity index is 1.44. The number of nitrogens with zero attached hydrogens (tertiary/aromatic N) is 4. The molecule has 2 aromatic carbocycles. The van der Waals surface area contributed by atoms with Gasteiger partial charge in [0.25, 0.3) is 0 Å². The maximum atomic E-state index is 15.1. The number of amides is 2. The Morgan fingerprint density at radius 3 is 2.62 bits per heavy atom. The molecular formula is C24H24FN7O5S2. The van der Waals surface area contributed by atoms with Gasteiger partial charge in [-0.1, -0.05) is 24.3 Å². The number of nitrogens with one attached hydrogen (secondary N) is 3. The van der Waals surface area contributed by atoms with Crippen molar-refractivity contribution >= 4 is 43.2 Å². The predicted molar refractivity (Wildman–Crippen MR) is 141 cm³/mol. The molecule has 2 amide bonds. The molecule has 12 nitrogen and oxygen atoms in total. The number of fused-ring (bicyclic) bond motifs is 1. The van der Waals surface area contributed by atoms with E-state index in [1.807, 2.05) is 0 Å². The van der Waals surface area contributed by atoms with Crippen LogP contribution >= 0.6 is 11.3 Å². The summed E-state index contributed by atoms with van der Waals surface area (Å²) in [6, 6.07) is 9.73. The minimum atomic E-state index is -4.08. The first-order chi connectivity index (χ1) is 18.7. The van der Waals surface area contributed by atoms with E-state index in [-0.39, 0.29) is 35.3 Å². The summed E-state index contributed by atoms with van der Waals surface area (Å²) in [4.78, 5) is 29.4. The van der Waals surface area contributed by atoms with E-state index in [9.17, 15) is 18.0 Å². The number of benzene rings is 2. The molecule has 4 aromatic rings. The van der Waals surface area contributed by atoms with E-state index in [0.29, 0.717) is 21.7 Å². The van der Waals surface area contributed by atoms with Crippen LogP contribution in [-0.4, -0.2) is 77.9 Å². The molecule has 39 heavy (non-hydrogen) atoms. The van der Waals surface area contributed by atoms with Crippen LogP contribution in [0.3, 0.4) is 0 Å². The van der Waals surface area contributed by atoms with Crippen LogP contribution in [0.4, 0.5) is 4.39 Å². The first-order valence-corrected chi connectivity index (χ1v) is 14.5. The molecular weight excluding hydrogens is 549 g/mol. The van der Waals surface area contributed by atoms with Crippen LogP contribution in [0.1, 0.15) is 23.1 Å². The van der Waals surface area contributed by atoms with Crippen molar-refractivity contribution in [3.63, 3.8) is 0 Å². The van der Waals surface area contributed by atoms with Gasteiger partial charge in [0, 0.05) is 30.3 Å². The number of hydrogen-bond donors (Lipinski definition) is 3. The van der Waals surface area contributed by atoms with E-state index in [4.69, 9.17) is 4.74 Å². The van der Waals surface area contributed by atoms with Gasteiger partial charge in [0.05, 0.1) is 29.1 Å². The van der Waals surface area contributed by atoms with Crippen molar-refractivity contribution in [2.24, 2.45) is 0 Å². The van der Waals surface area contributed by atoms with Gasteiger partial charge < -0.3 is 15.4 Å². The number of carbonyl (C=O) groups excluding carboxylic acids is 2. The van der Waals surface area contributed by atoms with Gasteiger partial charge in [-0.2, -0.15) is 5.21 Å². The number of methoxy groups -OCH3 is 1. The second-order valence-electron chi connectivity index (χ2n) is 8.96. The summed E-state index contributed by atoms with van der Waals surface area (Å²) in [7, 11) is -2.73. The monoisotopic (exact) mass is 573 g/mol. The lowest BCUT2D eigenvalue weighted by atomic mass is 10.0. The summed E-state index contributed by atoms with van der Waals surface area (Å²) in [5.41, 5.74) is 1.75. The molecule has 2 aromatic heterocycles. The zero-order valence-corrected chi connectivity index (χ0v) is 22.3. The first kappa shape index (κ1) is 26.8. The van der Waals surface area contributed by atoms with Crippen LogP contribution in [-0.2, 0) is 24.2 Å². The van der Waals surface area contributed by atoms with Gasteiger partial charge in [-0.3, -0.25) is 9.59 Å². The normalized spacial score (nSPS) is 14.3. The Hall–Kier alpha value is -3.82. The number of aromatic amines is 1. The largest absolute Gasteiger partial charge is 0.384 e. The fourth-order valence-electron chi connectivity index (χ4n) is 3.90. The highest BCUT2D eigenvalue weighted by Gasteiger charge is 2.37. The van der Waals surface area contributed by atoms with E-state index >= 15 is 4.39 Å². The summed E-state index contributed by atoms with van der Waals surface area (Å²) < 4.78 is 46.9. The van der Waals surface area contributed by atoms with Gasteiger partial charge in [-0.15, -0.1) is 21.5 Å². The lowest BCUT2D eigenvalue weighted by molar-refractivity contribution is -0.126. The number of hydrogen-bond acceptors (Lipinski definition) is 10. The number of rotatable bonds is 11. The minimum absolute atomic E-state index is 0.0230. The molecule has 15 heteroatoms. The van der Waals surface area contributed by atoms with Crippen molar-refractivity contribution in [2.45, 2.75) is 24.1 Å². The summed E-state index contributed by atoms with van der Waals surface area (Å²) in [5.74, 6) is -1.88. The quantitative estimate of drug-likeness (QED) is 0.242. The predicted octanol–water partition coefficient (Wildman–Crippen LogP) is 1.78. The first-order valence-electron chi connectivity index (χ1n) is 12.0. The molecule has 0 aliphatic heterocycles. The van der Waals surface area contributed by atoms with Crippen LogP contribution in [0.25, 0.3) is 32.7 Å². The number of thiazole rings is 1. The van der Waals surface area contributed by atoms with Crippen molar-refractivity contribution in [2.75, 3.05) is 26.0 Å². The third-order valence-electron chi connectivity index (χ3n) is 6.05. The van der Waals surface area contributed by atoms with Crippen molar-refractivity contribution in [3.8, 4) is 22.5 Å². The Labute approximate surface area is 226 Å². The van der Waals surface area contributed by atoms with Crippen LogP contribution in [0.15, 0.2) is 36.4 Å². The van der Waals surface area contributed by atoms with E-state index in [1.54, 1.807) is 30.3 Å². The maximum Gasteiger partial charge on any atom is 0.245 e. The molecule has 3 N–H and O–H groups in total. The molecule has 204 valence electrons. The number of aromatic nitrogens is 5. The van der Waals surface area contributed by atoms with Crippen molar-refractivity contribution in [3.05, 3.63) is 47.2 Å². The van der Waals surface area contributed by atoms with E-state index in [2.05, 4.69) is 36.2 Å². The Morgan fingerprint density at radius 2 is 1.95 bits per heavy atom. The molecule has 0 spiro atoms. The SMILES string of the molecule is COCCS(=O)(=O)C(C(=O)NCC(=O)NC1CC1)c1nc2cc(F)c(-c3ccc(-c4nn[nH]n4)cc3)cc2s1. The highest BCUT2D eigenvalue weighted by atomic mass is 32.2. The number of sulfone groups is 1. The molecule has 1 saturated carbocycles. The summed E-state index contributed by atoms with van der Waals surface area (Å²) in [6.07, 6.45) is 1.75. The number of tetrazole rings is 1. The van der Waals surface area contributed by atoms with Gasteiger partial charge in [-0.25, -0.2) is 17.8 Å². The molecule has 0 saturated heterocycles. The minimum Gasteiger partial charge on any atom is -0.384 e. The molecule has 0 radical (unpaired) electrons. The topological polar surface area (TPSA) is 169 Å². The van der Waals surface area contributed by atoms with Crippen molar-refractivity contribution in [1.29, 1.82) is 0 Å². The van der Waals surface area contributed by atoms with Crippen molar-refractivity contribution < 1.29 is 27.1 Å². The number of ether oxygens (including phenoxy) is 1. The third-order valence-corrected chi connectivity index (χ3v) is 9.18. The maximum absolute atomic E-state index is 15.1. The summed E-state index contributed by atoms with van der Waals surface area (Å²) in [5, 5.41) is 17.2. The highest BCUT2D eigenvalue weighted by molar-refractivity contribution is 7.92. The lowest BCUT2D eigenvalue weighted by Gasteiger charge is -2.15. The number of halogens is 1. The van der Waals surface area contributed by atoms with E-state index < -0.39 is 38.5 Å². The average molecular weight is 574 g/mol. The fraction of sp³-hybridized carbons (Fsp3) is 0.333. The van der Waals surface area contributed by atoms with Gasteiger partial charge in [0.2, 0.25) is 17.6 Å².